The SMILES string of the molecule is C=CCc1ccc(N(c2ccc(B3OC(C)(C)C(C)(C)O3)cc2)c2ccc(B3OC(C)(C)C(C)(C)O3)cc2)cc1. The molecule has 2 saturated heterocycles. The van der Waals surface area contributed by atoms with E-state index in [1.54, 1.807) is 0 Å². The van der Waals surface area contributed by atoms with Gasteiger partial charge in [-0.2, -0.15) is 0 Å². The van der Waals surface area contributed by atoms with E-state index < -0.39 is 14.2 Å². The Morgan fingerprint density at radius 2 is 0.850 bits per heavy atom. The van der Waals surface area contributed by atoms with Gasteiger partial charge in [-0.1, -0.05) is 42.5 Å². The molecule has 0 amide bonds. The minimum absolute atomic E-state index is 0.380. The molecular weight excluding hydrogens is 496 g/mol. The Morgan fingerprint density at radius 1 is 0.550 bits per heavy atom. The van der Waals surface area contributed by atoms with Crippen molar-refractivity contribution in [1.82, 2.24) is 0 Å². The Morgan fingerprint density at radius 3 is 1.15 bits per heavy atom. The lowest BCUT2D eigenvalue weighted by molar-refractivity contribution is 0.00578. The van der Waals surface area contributed by atoms with Crippen molar-refractivity contribution in [3.8, 4) is 0 Å². The van der Waals surface area contributed by atoms with E-state index in [1.165, 1.54) is 5.56 Å². The van der Waals surface area contributed by atoms with Crippen molar-refractivity contribution in [2.45, 2.75) is 84.2 Å². The van der Waals surface area contributed by atoms with Gasteiger partial charge in [0.15, 0.2) is 0 Å². The lowest BCUT2D eigenvalue weighted by Gasteiger charge is -2.32. The van der Waals surface area contributed by atoms with E-state index in [1.807, 2.05) is 6.08 Å². The molecule has 0 saturated carbocycles. The fraction of sp³-hybridized carbons (Fsp3) is 0.394. The number of nitrogens with zero attached hydrogens (tertiary/aromatic N) is 1. The molecule has 0 atom stereocenters. The Balaban J connectivity index is 1.46. The minimum Gasteiger partial charge on any atom is -0.399 e. The third kappa shape index (κ3) is 5.28. The highest BCUT2D eigenvalue weighted by molar-refractivity contribution is 6.62. The highest BCUT2D eigenvalue weighted by atomic mass is 16.7. The first kappa shape index (κ1) is 28.7. The van der Waals surface area contributed by atoms with Gasteiger partial charge in [-0.3, -0.25) is 0 Å². The molecule has 208 valence electrons. The summed E-state index contributed by atoms with van der Waals surface area (Å²) in [5.41, 5.74) is 4.86. The smallest absolute Gasteiger partial charge is 0.399 e. The summed E-state index contributed by atoms with van der Waals surface area (Å²) in [6.45, 7) is 20.5. The molecule has 2 fully saturated rings. The summed E-state index contributed by atoms with van der Waals surface area (Å²) in [4.78, 5) is 2.25. The fourth-order valence-corrected chi connectivity index (χ4v) is 4.91. The van der Waals surface area contributed by atoms with Crippen LogP contribution in [0.15, 0.2) is 85.5 Å². The summed E-state index contributed by atoms with van der Waals surface area (Å²) < 4.78 is 25.1. The van der Waals surface area contributed by atoms with E-state index in [2.05, 4.69) is 140 Å². The maximum atomic E-state index is 6.28. The van der Waals surface area contributed by atoms with Crippen LogP contribution < -0.4 is 15.8 Å². The van der Waals surface area contributed by atoms with Crippen molar-refractivity contribution in [2.75, 3.05) is 4.90 Å². The van der Waals surface area contributed by atoms with E-state index in [0.29, 0.717) is 0 Å². The van der Waals surface area contributed by atoms with Gasteiger partial charge in [-0.05, 0) is 115 Å². The Kier molecular flexibility index (Phi) is 7.33. The predicted molar refractivity (Wildman–Crippen MR) is 166 cm³/mol. The number of hydrogen-bond donors (Lipinski definition) is 0. The van der Waals surface area contributed by atoms with Crippen molar-refractivity contribution in [3.63, 3.8) is 0 Å². The molecule has 0 radical (unpaired) electrons. The third-order valence-corrected chi connectivity index (χ3v) is 8.93. The Labute approximate surface area is 240 Å². The maximum absolute atomic E-state index is 6.28. The van der Waals surface area contributed by atoms with Gasteiger partial charge >= 0.3 is 14.2 Å². The standard InChI is InChI=1S/C33H41B2NO4/c1-10-11-24-12-18-27(19-13-24)36(28-20-14-25(15-21-28)34-37-30(2,3)31(4,5)38-34)29-22-16-26(17-23-29)35-39-32(6,7)33(8,9)40-35/h10,12-23H,1,11H2,2-9H3. The average molecular weight is 537 g/mol. The van der Waals surface area contributed by atoms with Crippen LogP contribution in [0.4, 0.5) is 17.1 Å². The topological polar surface area (TPSA) is 40.2 Å². The zero-order valence-electron chi connectivity index (χ0n) is 25.2. The number of hydrogen-bond acceptors (Lipinski definition) is 5. The lowest BCUT2D eigenvalue weighted by Crippen LogP contribution is -2.41. The van der Waals surface area contributed by atoms with Gasteiger partial charge < -0.3 is 23.5 Å². The number of allylic oxidation sites excluding steroid dienone is 1. The second-order valence-electron chi connectivity index (χ2n) is 12.9. The normalized spacial score (nSPS) is 20.5. The summed E-state index contributed by atoms with van der Waals surface area (Å²) in [6.07, 6.45) is 2.77. The quantitative estimate of drug-likeness (QED) is 0.255. The Bertz CT molecular complexity index is 1240. The first-order valence-corrected chi connectivity index (χ1v) is 14.1. The van der Waals surface area contributed by atoms with Gasteiger partial charge in [0.25, 0.3) is 0 Å². The molecule has 5 rings (SSSR count). The van der Waals surface area contributed by atoms with E-state index in [9.17, 15) is 0 Å². The molecule has 0 N–H and O–H groups in total. The van der Waals surface area contributed by atoms with Gasteiger partial charge in [-0.15, -0.1) is 6.58 Å². The molecule has 2 heterocycles. The molecule has 0 spiro atoms. The monoisotopic (exact) mass is 537 g/mol. The van der Waals surface area contributed by atoms with E-state index >= 15 is 0 Å². The van der Waals surface area contributed by atoms with Crippen molar-refractivity contribution in [1.29, 1.82) is 0 Å². The molecule has 7 heteroatoms. The van der Waals surface area contributed by atoms with Crippen molar-refractivity contribution < 1.29 is 18.6 Å². The summed E-state index contributed by atoms with van der Waals surface area (Å²) in [5.74, 6) is 0. The molecule has 3 aromatic rings. The summed E-state index contributed by atoms with van der Waals surface area (Å²) >= 11 is 0. The van der Waals surface area contributed by atoms with Gasteiger partial charge in [0.1, 0.15) is 0 Å². The zero-order valence-corrected chi connectivity index (χ0v) is 25.2. The molecule has 0 aromatic heterocycles. The molecule has 2 aliphatic heterocycles. The van der Waals surface area contributed by atoms with Crippen molar-refractivity contribution >= 4 is 42.2 Å². The third-order valence-electron chi connectivity index (χ3n) is 8.93. The van der Waals surface area contributed by atoms with E-state index in [-0.39, 0.29) is 22.4 Å². The molecule has 5 nitrogen and oxygen atoms in total. The van der Waals surface area contributed by atoms with Gasteiger partial charge in [0.2, 0.25) is 0 Å². The molecule has 0 unspecified atom stereocenters. The van der Waals surface area contributed by atoms with Crippen molar-refractivity contribution in [2.24, 2.45) is 0 Å². The van der Waals surface area contributed by atoms with Crippen molar-refractivity contribution in [3.05, 3.63) is 91.0 Å². The zero-order chi connectivity index (χ0) is 28.9. The van der Waals surface area contributed by atoms with Crippen LogP contribution in [-0.4, -0.2) is 36.6 Å². The Hall–Kier alpha value is -2.83. The number of anilines is 3. The van der Waals surface area contributed by atoms with Gasteiger partial charge in [-0.25, -0.2) is 0 Å². The van der Waals surface area contributed by atoms with Crippen LogP contribution >= 0.6 is 0 Å². The maximum Gasteiger partial charge on any atom is 0.494 e. The van der Waals surface area contributed by atoms with Gasteiger partial charge in [0, 0.05) is 17.1 Å². The van der Waals surface area contributed by atoms with Crippen LogP contribution in [0.5, 0.6) is 0 Å². The van der Waals surface area contributed by atoms with Crippen LogP contribution in [0, 0.1) is 0 Å². The highest BCUT2D eigenvalue weighted by Crippen LogP contribution is 2.39. The van der Waals surface area contributed by atoms with Crippen LogP contribution in [0.1, 0.15) is 61.0 Å². The first-order valence-electron chi connectivity index (χ1n) is 14.1. The summed E-state index contributed by atoms with van der Waals surface area (Å²) in [6, 6.07) is 25.5. The second-order valence-corrected chi connectivity index (χ2v) is 12.9. The minimum atomic E-state index is -0.398. The van der Waals surface area contributed by atoms with Gasteiger partial charge in [0.05, 0.1) is 22.4 Å². The molecule has 0 aliphatic carbocycles. The van der Waals surface area contributed by atoms with Crippen LogP contribution in [0.3, 0.4) is 0 Å². The fourth-order valence-electron chi connectivity index (χ4n) is 4.91. The lowest BCUT2D eigenvalue weighted by atomic mass is 9.79. The highest BCUT2D eigenvalue weighted by Gasteiger charge is 2.52. The predicted octanol–water partition coefficient (Wildman–Crippen LogP) is 6.48. The molecule has 40 heavy (non-hydrogen) atoms. The van der Waals surface area contributed by atoms with Crippen LogP contribution in [0.2, 0.25) is 0 Å². The molecular formula is C33H41B2NO4. The number of benzene rings is 3. The average Bonchev–Trinajstić information content (AvgIpc) is 3.25. The first-order chi connectivity index (χ1) is 18.7. The molecule has 3 aromatic carbocycles. The van der Waals surface area contributed by atoms with E-state index in [4.69, 9.17) is 18.6 Å². The summed E-state index contributed by atoms with van der Waals surface area (Å²) in [5, 5.41) is 0. The number of rotatable bonds is 7. The van der Waals surface area contributed by atoms with Crippen LogP contribution in [-0.2, 0) is 25.0 Å². The molecule has 2 aliphatic rings. The molecule has 0 bridgehead atoms. The largest absolute Gasteiger partial charge is 0.494 e. The second kappa shape index (κ2) is 10.2. The van der Waals surface area contributed by atoms with E-state index in [0.717, 1.165) is 34.4 Å². The summed E-state index contributed by atoms with van der Waals surface area (Å²) in [7, 11) is -0.797. The van der Waals surface area contributed by atoms with Crippen LogP contribution in [0.25, 0.3) is 0 Å².